The van der Waals surface area contributed by atoms with Gasteiger partial charge in [0, 0.05) is 12.4 Å². The molecular formula is C14H14N2O4. The third kappa shape index (κ3) is 2.09. The molecule has 0 spiro atoms. The van der Waals surface area contributed by atoms with Crippen LogP contribution in [0.5, 0.6) is 0 Å². The van der Waals surface area contributed by atoms with Gasteiger partial charge in [-0.15, -0.1) is 0 Å². The zero-order valence-corrected chi connectivity index (χ0v) is 11.2. The standard InChI is InChI=1S/C14H14N2O4/c1-19-12(17)14(13(18)20-2)7-5-9-16-11(14)10-6-3-4-8-15-10/h3-6,8-9H,7H2,1-2H3. The van der Waals surface area contributed by atoms with Crippen LogP contribution in [0.15, 0.2) is 41.7 Å². The van der Waals surface area contributed by atoms with Crippen molar-refractivity contribution in [3.05, 3.63) is 42.4 Å². The van der Waals surface area contributed by atoms with E-state index in [1.54, 1.807) is 30.5 Å². The Morgan fingerprint density at radius 2 is 1.90 bits per heavy atom. The number of methoxy groups -OCH3 is 2. The van der Waals surface area contributed by atoms with Crippen molar-refractivity contribution in [2.45, 2.75) is 6.42 Å². The van der Waals surface area contributed by atoms with E-state index < -0.39 is 17.4 Å². The summed E-state index contributed by atoms with van der Waals surface area (Å²) in [5.41, 5.74) is -0.931. The molecule has 1 aliphatic rings. The number of allylic oxidation sites excluding steroid dienone is 1. The fourth-order valence-electron chi connectivity index (χ4n) is 2.14. The van der Waals surface area contributed by atoms with Gasteiger partial charge in [0.2, 0.25) is 5.41 Å². The van der Waals surface area contributed by atoms with Gasteiger partial charge in [0.1, 0.15) is 0 Å². The highest BCUT2D eigenvalue weighted by Crippen LogP contribution is 2.34. The van der Waals surface area contributed by atoms with Crippen molar-refractivity contribution in [2.24, 2.45) is 10.4 Å². The molecule has 1 aromatic heterocycles. The van der Waals surface area contributed by atoms with Crippen molar-refractivity contribution < 1.29 is 19.1 Å². The van der Waals surface area contributed by atoms with E-state index in [4.69, 9.17) is 9.47 Å². The van der Waals surface area contributed by atoms with Crippen LogP contribution in [0, 0.1) is 5.41 Å². The number of hydrogen-bond acceptors (Lipinski definition) is 6. The molecule has 6 heteroatoms. The van der Waals surface area contributed by atoms with Gasteiger partial charge >= 0.3 is 11.9 Å². The molecule has 0 N–H and O–H groups in total. The zero-order chi connectivity index (χ0) is 14.6. The molecule has 2 heterocycles. The molecule has 104 valence electrons. The van der Waals surface area contributed by atoms with E-state index in [1.165, 1.54) is 20.4 Å². The third-order valence-electron chi connectivity index (χ3n) is 3.11. The number of carbonyl (C=O) groups is 2. The molecule has 0 aliphatic carbocycles. The van der Waals surface area contributed by atoms with Gasteiger partial charge in [0.25, 0.3) is 0 Å². The largest absolute Gasteiger partial charge is 0.468 e. The fourth-order valence-corrected chi connectivity index (χ4v) is 2.14. The van der Waals surface area contributed by atoms with E-state index in [-0.39, 0.29) is 12.1 Å². The molecule has 0 unspecified atom stereocenters. The summed E-state index contributed by atoms with van der Waals surface area (Å²) >= 11 is 0. The molecular weight excluding hydrogens is 260 g/mol. The number of carbonyl (C=O) groups excluding carboxylic acids is 2. The van der Waals surface area contributed by atoms with Crippen molar-refractivity contribution in [1.82, 2.24) is 4.98 Å². The summed E-state index contributed by atoms with van der Waals surface area (Å²) in [5.74, 6) is -1.42. The van der Waals surface area contributed by atoms with E-state index in [0.717, 1.165) is 0 Å². The molecule has 0 aromatic carbocycles. The molecule has 0 amide bonds. The van der Waals surface area contributed by atoms with E-state index in [9.17, 15) is 9.59 Å². The summed E-state index contributed by atoms with van der Waals surface area (Å²) < 4.78 is 9.57. The van der Waals surface area contributed by atoms with Gasteiger partial charge in [-0.3, -0.25) is 19.6 Å². The predicted molar refractivity (Wildman–Crippen MR) is 71.0 cm³/mol. The molecule has 0 saturated carbocycles. The average Bonchev–Trinajstić information content (AvgIpc) is 2.53. The maximum atomic E-state index is 12.2. The fraction of sp³-hybridized carbons (Fsp3) is 0.286. The number of hydrogen-bond donors (Lipinski definition) is 0. The Labute approximate surface area is 116 Å². The first-order valence-corrected chi connectivity index (χ1v) is 5.98. The molecule has 20 heavy (non-hydrogen) atoms. The molecule has 0 atom stereocenters. The lowest BCUT2D eigenvalue weighted by atomic mass is 9.76. The van der Waals surface area contributed by atoms with Crippen LogP contribution in [0.2, 0.25) is 0 Å². The normalized spacial score (nSPS) is 16.2. The smallest absolute Gasteiger partial charge is 0.329 e. The lowest BCUT2D eigenvalue weighted by molar-refractivity contribution is -0.163. The number of ether oxygens (including phenoxy) is 2. The first-order valence-electron chi connectivity index (χ1n) is 5.98. The van der Waals surface area contributed by atoms with Crippen molar-refractivity contribution in [2.75, 3.05) is 14.2 Å². The molecule has 0 saturated heterocycles. The van der Waals surface area contributed by atoms with Crippen LogP contribution in [-0.2, 0) is 19.1 Å². The Hall–Kier alpha value is -2.50. The Morgan fingerprint density at radius 3 is 2.45 bits per heavy atom. The maximum Gasteiger partial charge on any atom is 0.329 e. The molecule has 0 bridgehead atoms. The quantitative estimate of drug-likeness (QED) is 0.609. The van der Waals surface area contributed by atoms with Gasteiger partial charge in [-0.1, -0.05) is 12.1 Å². The minimum Gasteiger partial charge on any atom is -0.468 e. The average molecular weight is 274 g/mol. The topological polar surface area (TPSA) is 77.9 Å². The highest BCUT2D eigenvalue weighted by molar-refractivity contribution is 6.27. The second-order valence-corrected chi connectivity index (χ2v) is 4.17. The molecule has 1 aliphatic heterocycles. The number of pyridine rings is 1. The van der Waals surface area contributed by atoms with Gasteiger partial charge in [-0.05, 0) is 18.6 Å². The Bertz CT molecular complexity index is 562. The van der Waals surface area contributed by atoms with Crippen LogP contribution >= 0.6 is 0 Å². The molecule has 0 radical (unpaired) electrons. The van der Waals surface area contributed by atoms with Crippen LogP contribution in [0.4, 0.5) is 0 Å². The SMILES string of the molecule is COC(=O)C1(C(=O)OC)CC=CN=C1c1ccccn1. The highest BCUT2D eigenvalue weighted by Gasteiger charge is 2.53. The second kappa shape index (κ2) is 5.64. The molecule has 2 rings (SSSR count). The minimum absolute atomic E-state index is 0.127. The number of esters is 2. The van der Waals surface area contributed by atoms with Crippen molar-refractivity contribution in [1.29, 1.82) is 0 Å². The second-order valence-electron chi connectivity index (χ2n) is 4.17. The van der Waals surface area contributed by atoms with Gasteiger partial charge in [0.05, 0.1) is 25.6 Å². The summed E-state index contributed by atoms with van der Waals surface area (Å²) in [7, 11) is 2.45. The van der Waals surface area contributed by atoms with Gasteiger partial charge < -0.3 is 9.47 Å². The highest BCUT2D eigenvalue weighted by atomic mass is 16.5. The van der Waals surface area contributed by atoms with Crippen LogP contribution < -0.4 is 0 Å². The van der Waals surface area contributed by atoms with Crippen LogP contribution in [0.1, 0.15) is 12.1 Å². The molecule has 1 aromatic rings. The van der Waals surface area contributed by atoms with Gasteiger partial charge in [-0.2, -0.15) is 0 Å². The number of aliphatic imine (C=N–C) groups is 1. The number of aromatic nitrogens is 1. The lowest BCUT2D eigenvalue weighted by Crippen LogP contribution is -2.49. The zero-order valence-electron chi connectivity index (χ0n) is 11.2. The van der Waals surface area contributed by atoms with E-state index >= 15 is 0 Å². The van der Waals surface area contributed by atoms with Gasteiger partial charge in [-0.25, -0.2) is 0 Å². The van der Waals surface area contributed by atoms with E-state index in [2.05, 4.69) is 9.98 Å². The van der Waals surface area contributed by atoms with Gasteiger partial charge in [0.15, 0.2) is 0 Å². The van der Waals surface area contributed by atoms with Crippen molar-refractivity contribution in [3.8, 4) is 0 Å². The third-order valence-corrected chi connectivity index (χ3v) is 3.11. The predicted octanol–water partition coefficient (Wildman–Crippen LogP) is 1.12. The van der Waals surface area contributed by atoms with Crippen LogP contribution in [0.3, 0.4) is 0 Å². The van der Waals surface area contributed by atoms with E-state index in [1.807, 2.05) is 0 Å². The summed E-state index contributed by atoms with van der Waals surface area (Å²) in [6, 6.07) is 5.17. The van der Waals surface area contributed by atoms with Crippen LogP contribution in [-0.4, -0.2) is 36.9 Å². The first-order chi connectivity index (χ1) is 9.66. The monoisotopic (exact) mass is 274 g/mol. The Kier molecular flexibility index (Phi) is 3.93. The molecule has 6 nitrogen and oxygen atoms in total. The summed E-state index contributed by atoms with van der Waals surface area (Å²) in [6.45, 7) is 0. The Morgan fingerprint density at radius 1 is 1.20 bits per heavy atom. The first kappa shape index (κ1) is 13.9. The molecule has 0 fully saturated rings. The summed E-state index contributed by atoms with van der Waals surface area (Å²) in [5, 5.41) is 0. The van der Waals surface area contributed by atoms with Crippen molar-refractivity contribution in [3.63, 3.8) is 0 Å². The number of nitrogens with zero attached hydrogens (tertiary/aromatic N) is 2. The lowest BCUT2D eigenvalue weighted by Gasteiger charge is -2.29. The van der Waals surface area contributed by atoms with Crippen molar-refractivity contribution >= 4 is 17.7 Å². The van der Waals surface area contributed by atoms with Crippen LogP contribution in [0.25, 0.3) is 0 Å². The minimum atomic E-state index is -1.60. The summed E-state index contributed by atoms with van der Waals surface area (Å²) in [4.78, 5) is 32.7. The summed E-state index contributed by atoms with van der Waals surface area (Å²) in [6.07, 6.45) is 4.85. The van der Waals surface area contributed by atoms with E-state index in [0.29, 0.717) is 5.69 Å². The Balaban J connectivity index is 2.61. The number of rotatable bonds is 3. The maximum absolute atomic E-state index is 12.2.